The highest BCUT2D eigenvalue weighted by atomic mass is 32.1. The monoisotopic (exact) mass is 200 g/mol. The fourth-order valence-corrected chi connectivity index (χ4v) is 1.58. The third kappa shape index (κ3) is 1.25. The lowest BCUT2D eigenvalue weighted by Crippen LogP contribution is -2.23. The number of carbonyl (C=O) groups excluding carboxylic acids is 1. The van der Waals surface area contributed by atoms with Crippen LogP contribution in [0, 0.1) is 11.7 Å². The number of nitrogens with zero attached hydrogens (tertiary/aromatic N) is 2. The molecule has 7 heteroatoms. The maximum atomic E-state index is 11.2. The molecule has 0 spiro atoms. The number of nitrogens with one attached hydrogen (secondary N) is 2. The zero-order valence-corrected chi connectivity index (χ0v) is 7.72. The zero-order valence-electron chi connectivity index (χ0n) is 6.90. The normalized spacial score (nSPS) is 21.9. The molecule has 1 aliphatic rings. The van der Waals surface area contributed by atoms with E-state index in [1.807, 2.05) is 0 Å². The van der Waals surface area contributed by atoms with E-state index in [1.54, 1.807) is 11.5 Å². The number of amides is 1. The van der Waals surface area contributed by atoms with Crippen LogP contribution in [0.5, 0.6) is 0 Å². The third-order valence-corrected chi connectivity index (χ3v) is 2.20. The van der Waals surface area contributed by atoms with Crippen LogP contribution in [-0.4, -0.2) is 27.3 Å². The van der Waals surface area contributed by atoms with Crippen LogP contribution in [-0.2, 0) is 9.63 Å². The van der Waals surface area contributed by atoms with Crippen molar-refractivity contribution < 1.29 is 9.63 Å². The Labute approximate surface area is 78.8 Å². The molecular formula is C6H8N4O2S. The summed E-state index contributed by atoms with van der Waals surface area (Å²) >= 11 is 4.97. The molecule has 1 aromatic rings. The summed E-state index contributed by atoms with van der Waals surface area (Å²) in [5.74, 6) is 0.483. The summed E-state index contributed by atoms with van der Waals surface area (Å²) in [7, 11) is 0. The second-order valence-corrected chi connectivity index (χ2v) is 3.13. The SMILES string of the molecule is Cc1n[nH]c(=S)n1C1CONC1=O. The van der Waals surface area contributed by atoms with Crippen molar-refractivity contribution >= 4 is 18.1 Å². The van der Waals surface area contributed by atoms with Crippen molar-refractivity contribution in [2.45, 2.75) is 13.0 Å². The second-order valence-electron chi connectivity index (χ2n) is 2.74. The average Bonchev–Trinajstić information content (AvgIpc) is 2.60. The van der Waals surface area contributed by atoms with Crippen molar-refractivity contribution in [1.82, 2.24) is 20.2 Å². The molecule has 1 fully saturated rings. The lowest BCUT2D eigenvalue weighted by atomic mass is 10.3. The van der Waals surface area contributed by atoms with Gasteiger partial charge in [-0.05, 0) is 19.1 Å². The second kappa shape index (κ2) is 2.93. The van der Waals surface area contributed by atoms with Gasteiger partial charge in [-0.25, -0.2) is 5.48 Å². The van der Waals surface area contributed by atoms with E-state index in [0.29, 0.717) is 10.6 Å². The summed E-state index contributed by atoms with van der Waals surface area (Å²) in [4.78, 5) is 16.0. The van der Waals surface area contributed by atoms with Crippen molar-refractivity contribution in [3.8, 4) is 0 Å². The summed E-state index contributed by atoms with van der Waals surface area (Å²) in [6.45, 7) is 2.06. The maximum Gasteiger partial charge on any atom is 0.269 e. The topological polar surface area (TPSA) is 71.9 Å². The first-order valence-corrected chi connectivity index (χ1v) is 4.16. The largest absolute Gasteiger partial charge is 0.289 e. The van der Waals surface area contributed by atoms with E-state index in [4.69, 9.17) is 17.1 Å². The Morgan fingerprint density at radius 2 is 2.54 bits per heavy atom. The van der Waals surface area contributed by atoms with Crippen LogP contribution in [0.15, 0.2) is 0 Å². The van der Waals surface area contributed by atoms with Gasteiger partial charge in [-0.2, -0.15) is 5.10 Å². The molecule has 0 aliphatic carbocycles. The van der Waals surface area contributed by atoms with Gasteiger partial charge < -0.3 is 0 Å². The first-order valence-electron chi connectivity index (χ1n) is 3.75. The summed E-state index contributed by atoms with van der Waals surface area (Å²) in [6, 6.07) is -0.397. The quantitative estimate of drug-likeness (QED) is 0.618. The van der Waals surface area contributed by atoms with Crippen molar-refractivity contribution in [1.29, 1.82) is 0 Å². The molecule has 6 nitrogen and oxygen atoms in total. The molecule has 1 aliphatic heterocycles. The maximum absolute atomic E-state index is 11.2. The molecule has 2 rings (SSSR count). The minimum Gasteiger partial charge on any atom is -0.289 e. The number of carbonyl (C=O) groups is 1. The van der Waals surface area contributed by atoms with Crippen molar-refractivity contribution in [2.75, 3.05) is 6.61 Å². The van der Waals surface area contributed by atoms with E-state index in [9.17, 15) is 4.79 Å². The Bertz CT molecular complexity index is 396. The molecule has 70 valence electrons. The van der Waals surface area contributed by atoms with Gasteiger partial charge in [0.25, 0.3) is 5.91 Å². The first kappa shape index (κ1) is 8.39. The number of hydrogen-bond donors (Lipinski definition) is 2. The van der Waals surface area contributed by atoms with Crippen LogP contribution in [0.4, 0.5) is 0 Å². The zero-order chi connectivity index (χ0) is 9.42. The molecule has 1 amide bonds. The number of aromatic amines is 1. The van der Waals surface area contributed by atoms with Gasteiger partial charge in [0, 0.05) is 0 Å². The highest BCUT2D eigenvalue weighted by molar-refractivity contribution is 7.71. The minimum atomic E-state index is -0.397. The van der Waals surface area contributed by atoms with Gasteiger partial charge in [-0.15, -0.1) is 0 Å². The summed E-state index contributed by atoms with van der Waals surface area (Å²) in [6.07, 6.45) is 0. The van der Waals surface area contributed by atoms with E-state index >= 15 is 0 Å². The van der Waals surface area contributed by atoms with Crippen molar-refractivity contribution in [3.05, 3.63) is 10.6 Å². The minimum absolute atomic E-state index is 0.194. The van der Waals surface area contributed by atoms with Gasteiger partial charge >= 0.3 is 0 Å². The molecule has 0 aromatic carbocycles. The number of aromatic nitrogens is 3. The standard InChI is InChI=1S/C6H8N4O2S/c1-3-7-8-6(13)10(3)4-2-12-9-5(4)11/h4H,2H2,1H3,(H,8,13)(H,9,11). The van der Waals surface area contributed by atoms with Crippen LogP contribution in [0.2, 0.25) is 0 Å². The average molecular weight is 200 g/mol. The predicted molar refractivity (Wildman–Crippen MR) is 45.3 cm³/mol. The van der Waals surface area contributed by atoms with E-state index in [-0.39, 0.29) is 12.5 Å². The highest BCUT2D eigenvalue weighted by Gasteiger charge is 2.29. The van der Waals surface area contributed by atoms with Crippen molar-refractivity contribution in [2.24, 2.45) is 0 Å². The molecule has 1 aromatic heterocycles. The van der Waals surface area contributed by atoms with Gasteiger partial charge in [-0.3, -0.25) is 19.3 Å². The molecule has 1 unspecified atom stereocenters. The van der Waals surface area contributed by atoms with Crippen LogP contribution in [0.1, 0.15) is 11.9 Å². The van der Waals surface area contributed by atoms with E-state index in [2.05, 4.69) is 15.7 Å². The molecule has 1 saturated heterocycles. The number of H-pyrrole nitrogens is 1. The van der Waals surface area contributed by atoms with Gasteiger partial charge in [0.15, 0.2) is 4.77 Å². The summed E-state index contributed by atoms with van der Waals surface area (Å²) in [5, 5.41) is 6.52. The summed E-state index contributed by atoms with van der Waals surface area (Å²) in [5.41, 5.74) is 2.26. The van der Waals surface area contributed by atoms with Crippen LogP contribution in [0.3, 0.4) is 0 Å². The fraction of sp³-hybridized carbons (Fsp3) is 0.500. The predicted octanol–water partition coefficient (Wildman–Crippen LogP) is -0.148. The molecule has 1 atom stereocenters. The Morgan fingerprint density at radius 3 is 3.00 bits per heavy atom. The highest BCUT2D eigenvalue weighted by Crippen LogP contribution is 2.14. The Morgan fingerprint density at radius 1 is 1.77 bits per heavy atom. The fourth-order valence-electron chi connectivity index (χ4n) is 1.28. The number of rotatable bonds is 1. The lowest BCUT2D eigenvalue weighted by Gasteiger charge is -2.06. The number of hydroxylamine groups is 1. The van der Waals surface area contributed by atoms with Crippen molar-refractivity contribution in [3.63, 3.8) is 0 Å². The molecular weight excluding hydrogens is 192 g/mol. The molecule has 0 saturated carbocycles. The van der Waals surface area contributed by atoms with Crippen LogP contribution < -0.4 is 5.48 Å². The van der Waals surface area contributed by atoms with Gasteiger partial charge in [-0.1, -0.05) is 0 Å². The Kier molecular flexibility index (Phi) is 1.89. The molecule has 2 N–H and O–H groups in total. The van der Waals surface area contributed by atoms with Crippen LogP contribution >= 0.6 is 12.2 Å². The van der Waals surface area contributed by atoms with E-state index in [0.717, 1.165) is 0 Å². The smallest absolute Gasteiger partial charge is 0.269 e. The molecule has 2 heterocycles. The first-order chi connectivity index (χ1) is 6.20. The number of hydrogen-bond acceptors (Lipinski definition) is 4. The van der Waals surface area contributed by atoms with E-state index in [1.165, 1.54) is 0 Å². The van der Waals surface area contributed by atoms with Crippen LogP contribution in [0.25, 0.3) is 0 Å². The molecule has 0 radical (unpaired) electrons. The third-order valence-electron chi connectivity index (χ3n) is 1.91. The lowest BCUT2D eigenvalue weighted by molar-refractivity contribution is -0.125. The molecule has 13 heavy (non-hydrogen) atoms. The van der Waals surface area contributed by atoms with Gasteiger partial charge in [0.1, 0.15) is 18.5 Å². The Balaban J connectivity index is 2.45. The van der Waals surface area contributed by atoms with E-state index < -0.39 is 6.04 Å². The molecule has 0 bridgehead atoms. The number of aryl methyl sites for hydroxylation is 1. The van der Waals surface area contributed by atoms with Gasteiger partial charge in [0.2, 0.25) is 0 Å². The Hall–Kier alpha value is -1.21. The van der Waals surface area contributed by atoms with Gasteiger partial charge in [0.05, 0.1) is 0 Å². The summed E-state index contributed by atoms with van der Waals surface area (Å²) < 4.78 is 2.07.